The second kappa shape index (κ2) is 9.84. The van der Waals surface area contributed by atoms with Crippen LogP contribution in [0.3, 0.4) is 0 Å². The molecule has 1 aliphatic carbocycles. The average molecular weight is 385 g/mol. The van der Waals surface area contributed by atoms with Gasteiger partial charge in [-0.15, -0.1) is 0 Å². The number of nitrogens with one attached hydrogen (secondary N) is 1. The fourth-order valence-electron chi connectivity index (χ4n) is 3.70. The number of rotatable bonds is 7. The zero-order valence-electron chi connectivity index (χ0n) is 16.1. The number of benzene rings is 2. The molecule has 0 heterocycles. The van der Waals surface area contributed by atoms with E-state index in [9.17, 15) is 4.39 Å². The van der Waals surface area contributed by atoms with Crippen molar-refractivity contribution in [3.05, 3.63) is 65.5 Å². The molecule has 1 fully saturated rings. The Balaban J connectivity index is 1.67. The van der Waals surface area contributed by atoms with Crippen molar-refractivity contribution >= 4 is 23.0 Å². The standard InChI is InChI=1S/C23H29FN2S/c1-2-3-6-18-11-15-21(16-12-18)25-23(27)26(22-7-4-5-8-22)17-19-9-13-20(24)14-10-19/h9-16,22H,2-8,17H2,1H3,(H,25,27). The van der Waals surface area contributed by atoms with E-state index in [1.807, 2.05) is 12.1 Å². The van der Waals surface area contributed by atoms with Crippen molar-refractivity contribution in [2.45, 2.75) is 64.5 Å². The van der Waals surface area contributed by atoms with E-state index in [4.69, 9.17) is 12.2 Å². The molecule has 0 aliphatic heterocycles. The Labute approximate surface area is 167 Å². The van der Waals surface area contributed by atoms with E-state index in [1.54, 1.807) is 0 Å². The van der Waals surface area contributed by atoms with Crippen molar-refractivity contribution in [3.63, 3.8) is 0 Å². The van der Waals surface area contributed by atoms with E-state index in [0.29, 0.717) is 12.6 Å². The number of anilines is 1. The Morgan fingerprint density at radius 3 is 2.30 bits per heavy atom. The lowest BCUT2D eigenvalue weighted by Crippen LogP contribution is -2.40. The number of hydrogen-bond acceptors (Lipinski definition) is 1. The Kier molecular flexibility index (Phi) is 7.22. The number of halogens is 1. The monoisotopic (exact) mass is 384 g/mol. The number of aryl methyl sites for hydroxylation is 1. The third-order valence-electron chi connectivity index (χ3n) is 5.32. The maximum Gasteiger partial charge on any atom is 0.173 e. The molecule has 27 heavy (non-hydrogen) atoms. The van der Waals surface area contributed by atoms with Crippen molar-refractivity contribution < 1.29 is 4.39 Å². The van der Waals surface area contributed by atoms with Gasteiger partial charge in [-0.3, -0.25) is 0 Å². The minimum Gasteiger partial charge on any atom is -0.342 e. The predicted octanol–water partition coefficient (Wildman–Crippen LogP) is 6.31. The first-order valence-electron chi connectivity index (χ1n) is 10.1. The van der Waals surface area contributed by atoms with Crippen molar-refractivity contribution in [1.29, 1.82) is 0 Å². The van der Waals surface area contributed by atoms with E-state index in [-0.39, 0.29) is 5.82 Å². The number of thiocarbonyl (C=S) groups is 1. The van der Waals surface area contributed by atoms with Gasteiger partial charge in [-0.2, -0.15) is 0 Å². The molecular weight excluding hydrogens is 355 g/mol. The highest BCUT2D eigenvalue weighted by Gasteiger charge is 2.24. The van der Waals surface area contributed by atoms with Crippen LogP contribution < -0.4 is 5.32 Å². The van der Waals surface area contributed by atoms with Crippen LogP contribution in [0.15, 0.2) is 48.5 Å². The first-order chi connectivity index (χ1) is 13.2. The van der Waals surface area contributed by atoms with Gasteiger partial charge in [0.2, 0.25) is 0 Å². The molecule has 0 unspecified atom stereocenters. The Morgan fingerprint density at radius 2 is 1.67 bits per heavy atom. The van der Waals surface area contributed by atoms with Crippen LogP contribution in [0.25, 0.3) is 0 Å². The molecule has 0 bridgehead atoms. The third kappa shape index (κ3) is 5.77. The number of unbranched alkanes of at least 4 members (excludes halogenated alkanes) is 1. The molecule has 4 heteroatoms. The lowest BCUT2D eigenvalue weighted by molar-refractivity contribution is 0.312. The second-order valence-electron chi connectivity index (χ2n) is 7.42. The third-order valence-corrected chi connectivity index (χ3v) is 5.65. The van der Waals surface area contributed by atoms with Crippen LogP contribution in [-0.2, 0) is 13.0 Å². The summed E-state index contributed by atoms with van der Waals surface area (Å²) in [5, 5.41) is 4.17. The molecular formula is C23H29FN2S. The molecule has 0 radical (unpaired) electrons. The van der Waals surface area contributed by atoms with Crippen LogP contribution in [0.1, 0.15) is 56.6 Å². The number of hydrogen-bond donors (Lipinski definition) is 1. The molecule has 2 aromatic carbocycles. The molecule has 1 aliphatic rings. The quantitative estimate of drug-likeness (QED) is 0.563. The average Bonchev–Trinajstić information content (AvgIpc) is 3.21. The summed E-state index contributed by atoms with van der Waals surface area (Å²) in [7, 11) is 0. The van der Waals surface area contributed by atoms with Gasteiger partial charge >= 0.3 is 0 Å². The highest BCUT2D eigenvalue weighted by Crippen LogP contribution is 2.26. The van der Waals surface area contributed by atoms with Gasteiger partial charge in [0, 0.05) is 18.3 Å². The molecule has 0 amide bonds. The molecule has 3 rings (SSSR count). The van der Waals surface area contributed by atoms with Gasteiger partial charge in [-0.05, 0) is 73.3 Å². The SMILES string of the molecule is CCCCc1ccc(NC(=S)N(Cc2ccc(F)cc2)C2CCCC2)cc1. The highest BCUT2D eigenvalue weighted by atomic mass is 32.1. The maximum atomic E-state index is 13.2. The molecule has 2 nitrogen and oxygen atoms in total. The van der Waals surface area contributed by atoms with Crippen LogP contribution in [0.2, 0.25) is 0 Å². The topological polar surface area (TPSA) is 15.3 Å². The number of nitrogens with zero attached hydrogens (tertiary/aromatic N) is 1. The largest absolute Gasteiger partial charge is 0.342 e. The van der Waals surface area contributed by atoms with Crippen molar-refractivity contribution in [3.8, 4) is 0 Å². The minimum atomic E-state index is -0.199. The fourth-order valence-corrected chi connectivity index (χ4v) is 4.03. The Bertz CT molecular complexity index is 721. The van der Waals surface area contributed by atoms with Crippen LogP contribution in [0.4, 0.5) is 10.1 Å². The lowest BCUT2D eigenvalue weighted by atomic mass is 10.1. The van der Waals surface area contributed by atoms with E-state index in [0.717, 1.165) is 22.8 Å². The molecule has 1 N–H and O–H groups in total. The zero-order valence-corrected chi connectivity index (χ0v) is 16.9. The van der Waals surface area contributed by atoms with Crippen molar-refractivity contribution in [1.82, 2.24) is 4.90 Å². The van der Waals surface area contributed by atoms with Gasteiger partial charge in [0.1, 0.15) is 5.82 Å². The normalized spacial score (nSPS) is 14.3. The molecule has 0 atom stereocenters. The highest BCUT2D eigenvalue weighted by molar-refractivity contribution is 7.80. The van der Waals surface area contributed by atoms with Crippen LogP contribution in [-0.4, -0.2) is 16.1 Å². The van der Waals surface area contributed by atoms with Crippen molar-refractivity contribution in [2.75, 3.05) is 5.32 Å². The van der Waals surface area contributed by atoms with E-state index in [2.05, 4.69) is 41.4 Å². The maximum absolute atomic E-state index is 13.2. The zero-order chi connectivity index (χ0) is 19.1. The van der Waals surface area contributed by atoms with E-state index in [1.165, 1.54) is 56.2 Å². The van der Waals surface area contributed by atoms with E-state index < -0.39 is 0 Å². The van der Waals surface area contributed by atoms with Gasteiger partial charge in [0.25, 0.3) is 0 Å². The predicted molar refractivity (Wildman–Crippen MR) is 115 cm³/mol. The van der Waals surface area contributed by atoms with Crippen LogP contribution in [0, 0.1) is 5.82 Å². The Hall–Kier alpha value is -1.94. The summed E-state index contributed by atoms with van der Waals surface area (Å²) in [5.41, 5.74) is 3.48. The van der Waals surface area contributed by atoms with Gasteiger partial charge in [0.15, 0.2) is 5.11 Å². The summed E-state index contributed by atoms with van der Waals surface area (Å²) in [4.78, 5) is 2.28. The summed E-state index contributed by atoms with van der Waals surface area (Å²) in [6.45, 7) is 2.93. The smallest absolute Gasteiger partial charge is 0.173 e. The van der Waals surface area contributed by atoms with E-state index >= 15 is 0 Å². The summed E-state index contributed by atoms with van der Waals surface area (Å²) >= 11 is 5.76. The summed E-state index contributed by atoms with van der Waals surface area (Å²) in [6.07, 6.45) is 8.39. The van der Waals surface area contributed by atoms with Crippen LogP contribution in [0.5, 0.6) is 0 Å². The van der Waals surface area contributed by atoms with Gasteiger partial charge in [0.05, 0.1) is 0 Å². The van der Waals surface area contributed by atoms with Gasteiger partial charge in [-0.1, -0.05) is 50.5 Å². The first-order valence-corrected chi connectivity index (χ1v) is 10.5. The first kappa shape index (κ1) is 19.8. The second-order valence-corrected chi connectivity index (χ2v) is 7.81. The molecule has 0 saturated heterocycles. The Morgan fingerprint density at radius 1 is 1.04 bits per heavy atom. The molecule has 1 saturated carbocycles. The molecule has 0 spiro atoms. The van der Waals surface area contributed by atoms with Gasteiger partial charge in [-0.25, -0.2) is 4.39 Å². The van der Waals surface area contributed by atoms with Gasteiger partial charge < -0.3 is 10.2 Å². The van der Waals surface area contributed by atoms with Crippen LogP contribution >= 0.6 is 12.2 Å². The molecule has 144 valence electrons. The summed E-state index contributed by atoms with van der Waals surface area (Å²) in [6, 6.07) is 15.8. The lowest BCUT2D eigenvalue weighted by Gasteiger charge is -2.32. The summed E-state index contributed by atoms with van der Waals surface area (Å²) < 4.78 is 13.2. The minimum absolute atomic E-state index is 0.199. The molecule has 2 aromatic rings. The summed E-state index contributed by atoms with van der Waals surface area (Å²) in [5.74, 6) is -0.199. The fraction of sp³-hybridized carbons (Fsp3) is 0.435. The molecule has 0 aromatic heterocycles. The van der Waals surface area contributed by atoms with Crippen molar-refractivity contribution in [2.24, 2.45) is 0 Å².